The number of aliphatic hydroxyl groups is 1. The lowest BCUT2D eigenvalue weighted by molar-refractivity contribution is -0.122. The second-order valence-electron chi connectivity index (χ2n) is 4.90. The van der Waals surface area contributed by atoms with Crippen molar-refractivity contribution in [1.29, 1.82) is 0 Å². The van der Waals surface area contributed by atoms with Gasteiger partial charge < -0.3 is 10.4 Å². The molecular formula is C14H20Cl2N2O2. The molecular weight excluding hydrogens is 299 g/mol. The molecule has 0 aliphatic heterocycles. The highest BCUT2D eigenvalue weighted by Gasteiger charge is 2.12. The molecule has 0 saturated heterocycles. The van der Waals surface area contributed by atoms with Crippen molar-refractivity contribution in [2.45, 2.75) is 26.4 Å². The van der Waals surface area contributed by atoms with Crippen molar-refractivity contribution < 1.29 is 9.90 Å². The number of carbonyl (C=O) groups is 1. The van der Waals surface area contributed by atoms with E-state index in [0.29, 0.717) is 23.1 Å². The number of aliphatic hydroxyl groups excluding tert-OH is 1. The summed E-state index contributed by atoms with van der Waals surface area (Å²) in [7, 11) is 0. The molecule has 1 amide bonds. The van der Waals surface area contributed by atoms with Crippen LogP contribution in [0.25, 0.3) is 0 Å². The highest BCUT2D eigenvalue weighted by atomic mass is 35.5. The molecule has 0 spiro atoms. The fourth-order valence-corrected chi connectivity index (χ4v) is 2.14. The number of hydrogen-bond acceptors (Lipinski definition) is 3. The van der Waals surface area contributed by atoms with Gasteiger partial charge in [0.25, 0.3) is 0 Å². The normalized spacial score (nSPS) is 11.2. The molecule has 0 radical (unpaired) electrons. The molecule has 20 heavy (non-hydrogen) atoms. The minimum absolute atomic E-state index is 0.00369. The Bertz CT molecular complexity index is 453. The summed E-state index contributed by atoms with van der Waals surface area (Å²) >= 11 is 11.8. The molecule has 112 valence electrons. The molecule has 0 bridgehead atoms. The lowest BCUT2D eigenvalue weighted by Crippen LogP contribution is -2.40. The first-order valence-electron chi connectivity index (χ1n) is 6.49. The summed E-state index contributed by atoms with van der Waals surface area (Å²) < 4.78 is 0. The van der Waals surface area contributed by atoms with Gasteiger partial charge >= 0.3 is 0 Å². The Kier molecular flexibility index (Phi) is 7.30. The van der Waals surface area contributed by atoms with Crippen LogP contribution in [-0.2, 0) is 11.3 Å². The average molecular weight is 319 g/mol. The van der Waals surface area contributed by atoms with Crippen molar-refractivity contribution in [3.05, 3.63) is 33.8 Å². The third-order valence-corrected chi connectivity index (χ3v) is 3.36. The van der Waals surface area contributed by atoms with E-state index >= 15 is 0 Å². The van der Waals surface area contributed by atoms with Crippen LogP contribution in [0.1, 0.15) is 19.4 Å². The monoisotopic (exact) mass is 318 g/mol. The van der Waals surface area contributed by atoms with Gasteiger partial charge in [0, 0.05) is 19.1 Å². The molecule has 0 aliphatic carbocycles. The van der Waals surface area contributed by atoms with Crippen LogP contribution in [0.15, 0.2) is 18.2 Å². The Balaban J connectivity index is 2.66. The van der Waals surface area contributed by atoms with Gasteiger partial charge in [-0.25, -0.2) is 0 Å². The summed E-state index contributed by atoms with van der Waals surface area (Å²) in [6.07, 6.45) is 0. The maximum absolute atomic E-state index is 11.8. The predicted molar refractivity (Wildman–Crippen MR) is 82.1 cm³/mol. The lowest BCUT2D eigenvalue weighted by Gasteiger charge is -2.21. The number of hydrogen-bond donors (Lipinski definition) is 2. The van der Waals surface area contributed by atoms with Crippen molar-refractivity contribution >= 4 is 29.1 Å². The zero-order chi connectivity index (χ0) is 15.1. The molecule has 1 aromatic carbocycles. The Morgan fingerprint density at radius 2 is 2.05 bits per heavy atom. The topological polar surface area (TPSA) is 52.6 Å². The second-order valence-corrected chi connectivity index (χ2v) is 5.72. The number of halogens is 2. The molecule has 0 aromatic heterocycles. The van der Waals surface area contributed by atoms with Gasteiger partial charge in [-0.05, 0) is 31.5 Å². The van der Waals surface area contributed by atoms with E-state index in [4.69, 9.17) is 28.3 Å². The Morgan fingerprint density at radius 3 is 2.60 bits per heavy atom. The van der Waals surface area contributed by atoms with Crippen LogP contribution in [0.2, 0.25) is 10.0 Å². The van der Waals surface area contributed by atoms with Gasteiger partial charge in [-0.3, -0.25) is 9.69 Å². The van der Waals surface area contributed by atoms with Gasteiger partial charge in [-0.2, -0.15) is 0 Å². The maximum atomic E-state index is 11.8. The maximum Gasteiger partial charge on any atom is 0.234 e. The van der Waals surface area contributed by atoms with Gasteiger partial charge in [-0.15, -0.1) is 0 Å². The van der Waals surface area contributed by atoms with E-state index in [2.05, 4.69) is 5.32 Å². The van der Waals surface area contributed by atoms with Crippen molar-refractivity contribution in [2.24, 2.45) is 0 Å². The van der Waals surface area contributed by atoms with Crippen molar-refractivity contribution in [3.8, 4) is 0 Å². The van der Waals surface area contributed by atoms with Crippen molar-refractivity contribution in [2.75, 3.05) is 19.7 Å². The molecule has 0 saturated carbocycles. The van der Waals surface area contributed by atoms with Crippen LogP contribution >= 0.6 is 23.2 Å². The molecule has 0 aliphatic rings. The van der Waals surface area contributed by atoms with Crippen LogP contribution < -0.4 is 5.32 Å². The third-order valence-electron chi connectivity index (χ3n) is 2.62. The number of rotatable bonds is 7. The van der Waals surface area contributed by atoms with Gasteiger partial charge in [0.05, 0.1) is 23.2 Å². The largest absolute Gasteiger partial charge is 0.395 e. The summed E-state index contributed by atoms with van der Waals surface area (Å²) in [6, 6.07) is 5.46. The van der Waals surface area contributed by atoms with E-state index in [1.54, 1.807) is 12.1 Å². The van der Waals surface area contributed by atoms with E-state index in [9.17, 15) is 4.79 Å². The Hall–Kier alpha value is -0.810. The summed E-state index contributed by atoms with van der Waals surface area (Å²) in [6.45, 7) is 5.00. The van der Waals surface area contributed by atoms with Crippen LogP contribution in [0.5, 0.6) is 0 Å². The minimum Gasteiger partial charge on any atom is -0.395 e. The smallest absolute Gasteiger partial charge is 0.234 e. The lowest BCUT2D eigenvalue weighted by atomic mass is 10.2. The van der Waals surface area contributed by atoms with Crippen LogP contribution in [0.3, 0.4) is 0 Å². The highest BCUT2D eigenvalue weighted by molar-refractivity contribution is 6.42. The van der Waals surface area contributed by atoms with Gasteiger partial charge in [0.15, 0.2) is 0 Å². The van der Waals surface area contributed by atoms with E-state index < -0.39 is 0 Å². The van der Waals surface area contributed by atoms with Gasteiger partial charge in [0.1, 0.15) is 0 Å². The summed E-state index contributed by atoms with van der Waals surface area (Å²) in [4.78, 5) is 13.6. The predicted octanol–water partition coefficient (Wildman–Crippen LogP) is 2.31. The number of nitrogens with one attached hydrogen (secondary N) is 1. The molecule has 0 heterocycles. The van der Waals surface area contributed by atoms with E-state index in [0.717, 1.165) is 5.56 Å². The van der Waals surface area contributed by atoms with Gasteiger partial charge in [0.2, 0.25) is 5.91 Å². The van der Waals surface area contributed by atoms with E-state index in [1.807, 2.05) is 24.8 Å². The number of amides is 1. The molecule has 1 aromatic rings. The standard InChI is InChI=1S/C14H20Cl2N2O2/c1-10(2)17-14(20)9-18(5-6-19)8-11-3-4-12(15)13(16)7-11/h3-4,7,10,19H,5-6,8-9H2,1-2H3,(H,17,20). The first kappa shape index (κ1) is 17.2. The summed E-state index contributed by atoms with van der Waals surface area (Å²) in [5, 5.41) is 12.9. The number of benzene rings is 1. The molecule has 0 fully saturated rings. The highest BCUT2D eigenvalue weighted by Crippen LogP contribution is 2.23. The van der Waals surface area contributed by atoms with Crippen LogP contribution in [0.4, 0.5) is 0 Å². The molecule has 4 nitrogen and oxygen atoms in total. The zero-order valence-corrected chi connectivity index (χ0v) is 13.2. The van der Waals surface area contributed by atoms with Crippen molar-refractivity contribution in [1.82, 2.24) is 10.2 Å². The van der Waals surface area contributed by atoms with Crippen LogP contribution in [0, 0.1) is 0 Å². The van der Waals surface area contributed by atoms with Crippen molar-refractivity contribution in [3.63, 3.8) is 0 Å². The Labute approximate surface area is 129 Å². The fraction of sp³-hybridized carbons (Fsp3) is 0.500. The quantitative estimate of drug-likeness (QED) is 0.811. The molecule has 0 unspecified atom stereocenters. The summed E-state index contributed by atoms with van der Waals surface area (Å²) in [5.74, 6) is -0.0616. The average Bonchev–Trinajstić information content (AvgIpc) is 2.33. The van der Waals surface area contributed by atoms with E-state index in [1.165, 1.54) is 0 Å². The van der Waals surface area contributed by atoms with Crippen LogP contribution in [-0.4, -0.2) is 41.7 Å². The molecule has 6 heteroatoms. The third kappa shape index (κ3) is 6.09. The molecule has 2 N–H and O–H groups in total. The first-order chi connectivity index (χ1) is 9.42. The Morgan fingerprint density at radius 1 is 1.35 bits per heavy atom. The minimum atomic E-state index is -0.0616. The SMILES string of the molecule is CC(C)NC(=O)CN(CCO)Cc1ccc(Cl)c(Cl)c1. The molecule has 1 rings (SSSR count). The fourth-order valence-electron chi connectivity index (χ4n) is 1.82. The van der Waals surface area contributed by atoms with Gasteiger partial charge in [-0.1, -0.05) is 29.3 Å². The summed E-state index contributed by atoms with van der Waals surface area (Å²) in [5.41, 5.74) is 0.949. The second kappa shape index (κ2) is 8.47. The zero-order valence-electron chi connectivity index (χ0n) is 11.7. The van der Waals surface area contributed by atoms with E-state index in [-0.39, 0.29) is 25.1 Å². The number of carbonyl (C=O) groups excluding carboxylic acids is 1. The first-order valence-corrected chi connectivity index (χ1v) is 7.24. The number of nitrogens with zero attached hydrogens (tertiary/aromatic N) is 1. The molecule has 0 atom stereocenters.